The molecular weight excluding hydrogens is 478 g/mol. The SMILES string of the molecule is CC(C)(C)c1ccccc1Sc1ccc(Nc2cc(-c3cccc4ccccc34)c(O)c(O)c2O)cc1. The third kappa shape index (κ3) is 4.95. The molecule has 0 atom stereocenters. The molecule has 5 aromatic rings. The smallest absolute Gasteiger partial charge is 0.203 e. The Labute approximate surface area is 221 Å². The highest BCUT2D eigenvalue weighted by Gasteiger charge is 2.20. The summed E-state index contributed by atoms with van der Waals surface area (Å²) in [7, 11) is 0. The normalized spacial score (nSPS) is 11.5. The fourth-order valence-electron chi connectivity index (χ4n) is 4.47. The zero-order valence-electron chi connectivity index (χ0n) is 21.0. The Hall–Kier alpha value is -4.09. The number of anilines is 2. The van der Waals surface area contributed by atoms with E-state index in [0.29, 0.717) is 11.3 Å². The van der Waals surface area contributed by atoms with Gasteiger partial charge in [-0.05, 0) is 63.7 Å². The molecule has 37 heavy (non-hydrogen) atoms. The highest BCUT2D eigenvalue weighted by Crippen LogP contribution is 2.49. The van der Waals surface area contributed by atoms with Crippen LogP contribution in [0.15, 0.2) is 107 Å². The van der Waals surface area contributed by atoms with Crippen molar-refractivity contribution in [1.29, 1.82) is 0 Å². The minimum absolute atomic E-state index is 0.0469. The molecular formula is C32H29NO3S. The Bertz CT molecular complexity index is 1580. The maximum absolute atomic E-state index is 10.7. The maximum atomic E-state index is 10.7. The number of nitrogens with one attached hydrogen (secondary N) is 1. The molecule has 186 valence electrons. The number of hydrogen-bond acceptors (Lipinski definition) is 5. The Balaban J connectivity index is 1.45. The van der Waals surface area contributed by atoms with Gasteiger partial charge in [-0.3, -0.25) is 0 Å². The minimum Gasteiger partial charge on any atom is -0.504 e. The molecule has 0 radical (unpaired) electrons. The van der Waals surface area contributed by atoms with Crippen molar-refractivity contribution in [1.82, 2.24) is 0 Å². The Morgan fingerprint density at radius 2 is 1.32 bits per heavy atom. The average molecular weight is 508 g/mol. The zero-order valence-corrected chi connectivity index (χ0v) is 21.8. The molecule has 0 heterocycles. The number of phenolic OH excluding ortho intramolecular Hbond substituents is 3. The summed E-state index contributed by atoms with van der Waals surface area (Å²) < 4.78 is 0. The third-order valence-corrected chi connectivity index (χ3v) is 7.47. The van der Waals surface area contributed by atoms with Gasteiger partial charge in [0.2, 0.25) is 5.75 Å². The van der Waals surface area contributed by atoms with Gasteiger partial charge in [0.15, 0.2) is 11.5 Å². The first-order valence-electron chi connectivity index (χ1n) is 12.1. The predicted octanol–water partition coefficient (Wildman–Crippen LogP) is 8.82. The van der Waals surface area contributed by atoms with E-state index in [0.717, 1.165) is 26.9 Å². The van der Waals surface area contributed by atoms with E-state index in [4.69, 9.17) is 0 Å². The van der Waals surface area contributed by atoms with Crippen LogP contribution < -0.4 is 5.32 Å². The van der Waals surface area contributed by atoms with Crippen LogP contribution in [-0.2, 0) is 5.41 Å². The lowest BCUT2D eigenvalue weighted by Gasteiger charge is -2.22. The molecule has 0 amide bonds. The van der Waals surface area contributed by atoms with Crippen LogP contribution in [0.1, 0.15) is 26.3 Å². The van der Waals surface area contributed by atoms with Gasteiger partial charge in [0.1, 0.15) is 0 Å². The monoisotopic (exact) mass is 507 g/mol. The number of rotatable bonds is 5. The molecule has 0 bridgehead atoms. The number of aromatic hydroxyl groups is 3. The molecule has 0 aliphatic heterocycles. The van der Waals surface area contributed by atoms with Crippen molar-refractivity contribution in [3.8, 4) is 28.4 Å². The lowest BCUT2D eigenvalue weighted by Crippen LogP contribution is -2.12. The van der Waals surface area contributed by atoms with E-state index in [-0.39, 0.29) is 11.2 Å². The molecule has 0 aliphatic carbocycles. The number of fused-ring (bicyclic) bond motifs is 1. The maximum Gasteiger partial charge on any atom is 0.203 e. The van der Waals surface area contributed by atoms with Crippen molar-refractivity contribution < 1.29 is 15.3 Å². The highest BCUT2D eigenvalue weighted by atomic mass is 32.2. The summed E-state index contributed by atoms with van der Waals surface area (Å²) in [5.74, 6) is -1.32. The van der Waals surface area contributed by atoms with Gasteiger partial charge in [0, 0.05) is 21.0 Å². The van der Waals surface area contributed by atoms with Gasteiger partial charge in [0.25, 0.3) is 0 Å². The topological polar surface area (TPSA) is 72.7 Å². The molecule has 0 aliphatic rings. The predicted molar refractivity (Wildman–Crippen MR) is 153 cm³/mol. The van der Waals surface area contributed by atoms with E-state index in [9.17, 15) is 15.3 Å². The van der Waals surface area contributed by atoms with E-state index in [2.05, 4.69) is 50.4 Å². The molecule has 0 spiro atoms. The van der Waals surface area contributed by atoms with Crippen molar-refractivity contribution >= 4 is 33.9 Å². The highest BCUT2D eigenvalue weighted by molar-refractivity contribution is 7.99. The van der Waals surface area contributed by atoms with E-state index in [1.165, 1.54) is 10.5 Å². The van der Waals surface area contributed by atoms with Crippen molar-refractivity contribution in [2.75, 3.05) is 5.32 Å². The first-order chi connectivity index (χ1) is 17.7. The molecule has 5 rings (SSSR count). The molecule has 0 saturated heterocycles. The molecule has 0 saturated carbocycles. The Morgan fingerprint density at radius 3 is 2.08 bits per heavy atom. The van der Waals surface area contributed by atoms with E-state index < -0.39 is 11.5 Å². The largest absolute Gasteiger partial charge is 0.504 e. The number of phenols is 3. The summed E-state index contributed by atoms with van der Waals surface area (Å²) in [5, 5.41) is 37.0. The van der Waals surface area contributed by atoms with E-state index in [1.807, 2.05) is 66.7 Å². The molecule has 4 nitrogen and oxygen atoms in total. The molecule has 0 fully saturated rings. The summed E-state index contributed by atoms with van der Waals surface area (Å²) in [5.41, 5.74) is 3.59. The van der Waals surface area contributed by atoms with Crippen LogP contribution in [0.3, 0.4) is 0 Å². The summed E-state index contributed by atoms with van der Waals surface area (Å²) in [6, 6.07) is 31.7. The fourth-order valence-corrected chi connectivity index (χ4v) is 5.63. The zero-order chi connectivity index (χ0) is 26.2. The third-order valence-electron chi connectivity index (χ3n) is 6.38. The van der Waals surface area contributed by atoms with Gasteiger partial charge in [0.05, 0.1) is 5.69 Å². The van der Waals surface area contributed by atoms with Crippen LogP contribution >= 0.6 is 11.8 Å². The van der Waals surface area contributed by atoms with Crippen LogP contribution in [0.5, 0.6) is 17.2 Å². The van der Waals surface area contributed by atoms with Crippen LogP contribution in [-0.4, -0.2) is 15.3 Å². The van der Waals surface area contributed by atoms with Crippen molar-refractivity contribution in [3.63, 3.8) is 0 Å². The van der Waals surface area contributed by atoms with Crippen LogP contribution in [0.2, 0.25) is 0 Å². The fraction of sp³-hybridized carbons (Fsp3) is 0.125. The summed E-state index contributed by atoms with van der Waals surface area (Å²) in [6.07, 6.45) is 0. The Kier molecular flexibility index (Phi) is 6.48. The van der Waals surface area contributed by atoms with Crippen molar-refractivity contribution in [2.24, 2.45) is 0 Å². The molecule has 0 unspecified atom stereocenters. The van der Waals surface area contributed by atoms with Gasteiger partial charge in [-0.1, -0.05) is 93.2 Å². The summed E-state index contributed by atoms with van der Waals surface area (Å²) >= 11 is 1.71. The second-order valence-electron chi connectivity index (χ2n) is 10.0. The number of benzene rings is 5. The van der Waals surface area contributed by atoms with Crippen LogP contribution in [0.25, 0.3) is 21.9 Å². The van der Waals surface area contributed by atoms with E-state index in [1.54, 1.807) is 17.8 Å². The van der Waals surface area contributed by atoms with Crippen LogP contribution in [0, 0.1) is 0 Å². The lowest BCUT2D eigenvalue weighted by atomic mass is 9.87. The quantitative estimate of drug-likeness (QED) is 0.141. The van der Waals surface area contributed by atoms with Crippen molar-refractivity contribution in [3.05, 3.63) is 103 Å². The molecule has 4 N–H and O–H groups in total. The standard InChI is InChI=1S/C32H29NO3S/c1-32(2,3)26-13-6-7-14-28(26)37-22-17-15-21(16-18-22)33-27-19-25(29(34)31(36)30(27)35)24-12-8-10-20-9-4-5-11-23(20)24/h4-19,33-36H,1-3H3. The number of hydrogen-bond donors (Lipinski definition) is 4. The van der Waals surface area contributed by atoms with Crippen LogP contribution in [0.4, 0.5) is 11.4 Å². The van der Waals surface area contributed by atoms with Gasteiger partial charge >= 0.3 is 0 Å². The summed E-state index contributed by atoms with van der Waals surface area (Å²) in [6.45, 7) is 6.64. The average Bonchev–Trinajstić information content (AvgIpc) is 2.89. The first kappa shape index (κ1) is 24.6. The molecule has 0 aromatic heterocycles. The minimum atomic E-state index is -0.557. The van der Waals surface area contributed by atoms with Crippen molar-refractivity contribution in [2.45, 2.75) is 36.0 Å². The van der Waals surface area contributed by atoms with Gasteiger partial charge in [-0.25, -0.2) is 0 Å². The molecule has 5 heteroatoms. The Morgan fingerprint density at radius 1 is 0.649 bits per heavy atom. The van der Waals surface area contributed by atoms with Gasteiger partial charge < -0.3 is 20.6 Å². The van der Waals surface area contributed by atoms with E-state index >= 15 is 0 Å². The lowest BCUT2D eigenvalue weighted by molar-refractivity contribution is 0.370. The second kappa shape index (κ2) is 9.75. The van der Waals surface area contributed by atoms with Gasteiger partial charge in [-0.15, -0.1) is 0 Å². The van der Waals surface area contributed by atoms with Gasteiger partial charge in [-0.2, -0.15) is 0 Å². The molecule has 5 aromatic carbocycles. The second-order valence-corrected chi connectivity index (χ2v) is 11.2. The summed E-state index contributed by atoms with van der Waals surface area (Å²) in [4.78, 5) is 2.31. The first-order valence-corrected chi connectivity index (χ1v) is 12.9.